The van der Waals surface area contributed by atoms with E-state index >= 15 is 0 Å². The minimum Gasteiger partial charge on any atom is -0.457 e. The monoisotopic (exact) mass is 480 g/mol. The van der Waals surface area contributed by atoms with E-state index in [4.69, 9.17) is 4.74 Å². The van der Waals surface area contributed by atoms with Crippen LogP contribution in [0.25, 0.3) is 0 Å². The number of ether oxygens (including phenoxy) is 1. The number of nitrogens with zero attached hydrogens (tertiary/aromatic N) is 1. The Morgan fingerprint density at radius 3 is 1.91 bits per heavy atom. The van der Waals surface area contributed by atoms with Crippen LogP contribution in [0.1, 0.15) is 38.8 Å². The molecular weight excluding hydrogens is 448 g/mol. The van der Waals surface area contributed by atoms with Gasteiger partial charge >= 0.3 is 0 Å². The minimum absolute atomic E-state index is 0.209. The van der Waals surface area contributed by atoms with Crippen molar-refractivity contribution in [1.82, 2.24) is 5.32 Å². The third-order valence-corrected chi connectivity index (χ3v) is 6.63. The Balaban J connectivity index is 1.81. The molecule has 0 unspecified atom stereocenters. The number of hydrogen-bond donors (Lipinski definition) is 1. The van der Waals surface area contributed by atoms with Crippen molar-refractivity contribution in [3.63, 3.8) is 0 Å². The lowest BCUT2D eigenvalue weighted by Gasteiger charge is -2.30. The van der Waals surface area contributed by atoms with Gasteiger partial charge in [0.1, 0.15) is 17.5 Å². The maximum atomic E-state index is 13.2. The fraction of sp³-hybridized carbons (Fsp3) is 0.296. The highest BCUT2D eigenvalue weighted by Gasteiger charge is 2.30. The zero-order valence-electron chi connectivity index (χ0n) is 20.0. The minimum atomic E-state index is -3.73. The van der Waals surface area contributed by atoms with E-state index in [1.165, 1.54) is 0 Å². The van der Waals surface area contributed by atoms with Crippen molar-refractivity contribution in [2.75, 3.05) is 10.6 Å². The molecule has 0 aliphatic carbocycles. The van der Waals surface area contributed by atoms with E-state index in [1.54, 1.807) is 31.2 Å². The summed E-state index contributed by atoms with van der Waals surface area (Å²) < 4.78 is 32.3. The molecule has 34 heavy (non-hydrogen) atoms. The Morgan fingerprint density at radius 1 is 0.853 bits per heavy atom. The SMILES string of the molecule is CC(C)C[C@@H](NC(=O)[C@@H](C)N(c1ccc(Oc2ccccc2)cc1)S(C)(=O)=O)c1ccccc1. The first-order valence-corrected chi connectivity index (χ1v) is 13.2. The Bertz CT molecular complexity index is 1160. The molecule has 0 bridgehead atoms. The standard InChI is InChI=1S/C27H32N2O4S/c1-20(2)19-26(22-11-7-5-8-12-22)28-27(30)21(3)29(34(4,31)32)23-15-17-25(18-16-23)33-24-13-9-6-10-14-24/h5-18,20-21,26H,19H2,1-4H3,(H,28,30)/t21-,26-/m1/s1. The van der Waals surface area contributed by atoms with Crippen molar-refractivity contribution in [1.29, 1.82) is 0 Å². The molecule has 1 N–H and O–H groups in total. The van der Waals surface area contributed by atoms with Gasteiger partial charge in [-0.2, -0.15) is 0 Å². The molecule has 0 radical (unpaired) electrons. The van der Waals surface area contributed by atoms with Crippen LogP contribution in [0.3, 0.4) is 0 Å². The van der Waals surface area contributed by atoms with Gasteiger partial charge in [-0.15, -0.1) is 0 Å². The second-order valence-corrected chi connectivity index (χ2v) is 10.6. The number of sulfonamides is 1. The lowest BCUT2D eigenvalue weighted by Crippen LogP contribution is -2.48. The first kappa shape index (κ1) is 25.3. The molecule has 1 amide bonds. The average molecular weight is 481 g/mol. The van der Waals surface area contributed by atoms with Crippen LogP contribution >= 0.6 is 0 Å². The normalized spacial score (nSPS) is 13.2. The molecule has 0 aromatic heterocycles. The summed E-state index contributed by atoms with van der Waals surface area (Å²) in [6.07, 6.45) is 1.85. The number of nitrogens with one attached hydrogen (secondary N) is 1. The van der Waals surface area contributed by atoms with Gasteiger partial charge in [0, 0.05) is 0 Å². The molecule has 7 heteroatoms. The third kappa shape index (κ3) is 6.84. The Hall–Kier alpha value is -3.32. The first-order valence-electron chi connectivity index (χ1n) is 11.3. The van der Waals surface area contributed by atoms with Gasteiger partial charge in [0.05, 0.1) is 18.0 Å². The number of anilines is 1. The summed E-state index contributed by atoms with van der Waals surface area (Å²) >= 11 is 0. The maximum Gasteiger partial charge on any atom is 0.244 e. The van der Waals surface area contributed by atoms with E-state index < -0.39 is 16.1 Å². The van der Waals surface area contributed by atoms with Gasteiger partial charge in [0.15, 0.2) is 0 Å². The van der Waals surface area contributed by atoms with Gasteiger partial charge in [-0.25, -0.2) is 8.42 Å². The molecule has 0 heterocycles. The van der Waals surface area contributed by atoms with E-state index in [0.29, 0.717) is 23.1 Å². The molecule has 180 valence electrons. The fourth-order valence-corrected chi connectivity index (χ4v) is 5.00. The molecule has 3 aromatic carbocycles. The van der Waals surface area contributed by atoms with Crippen molar-refractivity contribution in [3.05, 3.63) is 90.5 Å². The van der Waals surface area contributed by atoms with E-state index in [-0.39, 0.29) is 11.9 Å². The Labute approximate surface area is 202 Å². The number of hydrogen-bond acceptors (Lipinski definition) is 4. The highest BCUT2D eigenvalue weighted by Crippen LogP contribution is 2.28. The third-order valence-electron chi connectivity index (χ3n) is 5.38. The van der Waals surface area contributed by atoms with Crippen molar-refractivity contribution in [3.8, 4) is 11.5 Å². The van der Waals surface area contributed by atoms with Crippen LogP contribution in [0.15, 0.2) is 84.9 Å². The number of carbonyl (C=O) groups is 1. The summed E-state index contributed by atoms with van der Waals surface area (Å²) in [4.78, 5) is 13.2. The number of benzene rings is 3. The molecule has 0 fully saturated rings. The van der Waals surface area contributed by atoms with Crippen molar-refractivity contribution in [2.45, 2.75) is 39.3 Å². The molecule has 0 aliphatic heterocycles. The topological polar surface area (TPSA) is 75.7 Å². The number of carbonyl (C=O) groups excluding carboxylic acids is 1. The second kappa shape index (κ2) is 11.2. The lowest BCUT2D eigenvalue weighted by molar-refractivity contribution is -0.122. The van der Waals surface area contributed by atoms with Gasteiger partial charge in [-0.05, 0) is 61.2 Å². The van der Waals surface area contributed by atoms with Gasteiger partial charge in [0.25, 0.3) is 0 Å². The van der Waals surface area contributed by atoms with Crippen LogP contribution in [0, 0.1) is 5.92 Å². The Morgan fingerprint density at radius 2 is 1.38 bits per heavy atom. The van der Waals surface area contributed by atoms with Gasteiger partial charge in [-0.1, -0.05) is 62.4 Å². The molecule has 3 aromatic rings. The summed E-state index contributed by atoms with van der Waals surface area (Å²) in [6.45, 7) is 5.78. The molecule has 0 spiro atoms. The zero-order chi connectivity index (χ0) is 24.7. The predicted molar refractivity (Wildman–Crippen MR) is 137 cm³/mol. The van der Waals surface area contributed by atoms with Crippen LogP contribution < -0.4 is 14.4 Å². The summed E-state index contributed by atoms with van der Waals surface area (Å²) in [5.41, 5.74) is 1.38. The largest absolute Gasteiger partial charge is 0.457 e. The zero-order valence-corrected chi connectivity index (χ0v) is 20.8. The van der Waals surface area contributed by atoms with Crippen molar-refractivity contribution < 1.29 is 17.9 Å². The summed E-state index contributed by atoms with van der Waals surface area (Å²) in [7, 11) is -3.73. The lowest BCUT2D eigenvalue weighted by atomic mass is 9.96. The highest BCUT2D eigenvalue weighted by molar-refractivity contribution is 7.92. The van der Waals surface area contributed by atoms with Gasteiger partial charge < -0.3 is 10.1 Å². The molecule has 0 aliphatic rings. The highest BCUT2D eigenvalue weighted by atomic mass is 32.2. The van der Waals surface area contributed by atoms with Crippen molar-refractivity contribution >= 4 is 21.6 Å². The van der Waals surface area contributed by atoms with E-state index in [2.05, 4.69) is 19.2 Å². The first-order chi connectivity index (χ1) is 16.1. The van der Waals surface area contributed by atoms with Crippen LogP contribution in [0.4, 0.5) is 5.69 Å². The summed E-state index contributed by atoms with van der Waals surface area (Å²) in [5.74, 6) is 1.25. The number of amides is 1. The maximum absolute atomic E-state index is 13.2. The fourth-order valence-electron chi connectivity index (χ4n) is 3.82. The van der Waals surface area contributed by atoms with Crippen LogP contribution in [0.2, 0.25) is 0 Å². The number of para-hydroxylation sites is 1. The van der Waals surface area contributed by atoms with Gasteiger partial charge in [0.2, 0.25) is 15.9 Å². The number of rotatable bonds is 10. The predicted octanol–water partition coefficient (Wildman–Crippen LogP) is 5.54. The molecule has 3 rings (SSSR count). The van der Waals surface area contributed by atoms with Crippen LogP contribution in [-0.4, -0.2) is 26.6 Å². The quantitative estimate of drug-likeness (QED) is 0.414. The molecule has 0 saturated heterocycles. The second-order valence-electron chi connectivity index (χ2n) is 8.75. The Kier molecular flexibility index (Phi) is 8.34. The smallest absolute Gasteiger partial charge is 0.244 e. The van der Waals surface area contributed by atoms with E-state index in [1.807, 2.05) is 60.7 Å². The molecular formula is C27H32N2O4S. The van der Waals surface area contributed by atoms with Crippen LogP contribution in [0.5, 0.6) is 11.5 Å². The molecule has 2 atom stereocenters. The molecule has 0 saturated carbocycles. The summed E-state index contributed by atoms with van der Waals surface area (Å²) in [5, 5.41) is 3.06. The molecule has 6 nitrogen and oxygen atoms in total. The summed E-state index contributed by atoms with van der Waals surface area (Å²) in [6, 6.07) is 24.6. The average Bonchev–Trinajstić information content (AvgIpc) is 2.80. The van der Waals surface area contributed by atoms with Gasteiger partial charge in [-0.3, -0.25) is 9.10 Å². The van der Waals surface area contributed by atoms with E-state index in [0.717, 1.165) is 22.5 Å². The van der Waals surface area contributed by atoms with Crippen molar-refractivity contribution in [2.24, 2.45) is 5.92 Å². The van der Waals surface area contributed by atoms with Crippen LogP contribution in [-0.2, 0) is 14.8 Å². The van der Waals surface area contributed by atoms with E-state index in [9.17, 15) is 13.2 Å².